The molecule has 1 heterocycles. The quantitative estimate of drug-likeness (QED) is 0.899. The molecule has 0 bridgehead atoms. The minimum Gasteiger partial charge on any atom is -0.376 e. The second-order valence-corrected chi connectivity index (χ2v) is 5.02. The van der Waals surface area contributed by atoms with E-state index in [0.717, 1.165) is 25.0 Å². The number of hydrogen-bond acceptors (Lipinski definition) is 2. The monoisotopic (exact) mass is 302 g/mol. The first-order chi connectivity index (χ1) is 9.86. The van der Waals surface area contributed by atoms with Crippen molar-refractivity contribution in [2.24, 2.45) is 0 Å². The van der Waals surface area contributed by atoms with Crippen LogP contribution in [0.3, 0.4) is 0 Å². The highest BCUT2D eigenvalue weighted by molar-refractivity contribution is 5.89. The minimum atomic E-state index is -4.43. The van der Waals surface area contributed by atoms with Crippen molar-refractivity contribution in [2.45, 2.75) is 38.1 Å². The van der Waals surface area contributed by atoms with Gasteiger partial charge in [-0.15, -0.1) is 0 Å². The number of carbonyl (C=O) groups excluding carboxylic acids is 1. The van der Waals surface area contributed by atoms with Crippen LogP contribution in [0.15, 0.2) is 24.3 Å². The van der Waals surface area contributed by atoms with Gasteiger partial charge >= 0.3 is 12.2 Å². The molecular weight excluding hydrogens is 285 g/mol. The molecule has 0 radical (unpaired) electrons. The predicted octanol–water partition coefficient (Wildman–Crippen LogP) is 3.39. The predicted molar refractivity (Wildman–Crippen MR) is 72.0 cm³/mol. The first-order valence-corrected chi connectivity index (χ1v) is 6.72. The van der Waals surface area contributed by atoms with E-state index in [9.17, 15) is 18.0 Å². The zero-order chi connectivity index (χ0) is 15.5. The molecule has 1 aliphatic rings. The van der Waals surface area contributed by atoms with E-state index in [2.05, 4.69) is 10.6 Å². The Morgan fingerprint density at radius 2 is 2.19 bits per heavy atom. The van der Waals surface area contributed by atoms with Crippen LogP contribution in [0.1, 0.15) is 25.3 Å². The van der Waals surface area contributed by atoms with Gasteiger partial charge in [0.15, 0.2) is 0 Å². The lowest BCUT2D eigenvalue weighted by atomic mass is 10.1. The lowest BCUT2D eigenvalue weighted by molar-refractivity contribution is -0.137. The summed E-state index contributed by atoms with van der Waals surface area (Å²) in [6.45, 7) is 2.48. The molecule has 0 aliphatic carbocycles. The maximum Gasteiger partial charge on any atom is 0.416 e. The Balaban J connectivity index is 1.93. The van der Waals surface area contributed by atoms with E-state index in [1.165, 1.54) is 12.1 Å². The van der Waals surface area contributed by atoms with Crippen LogP contribution in [0.2, 0.25) is 0 Å². The van der Waals surface area contributed by atoms with E-state index < -0.39 is 17.8 Å². The molecule has 1 aromatic carbocycles. The van der Waals surface area contributed by atoms with E-state index in [0.29, 0.717) is 6.61 Å². The molecule has 0 saturated carbocycles. The zero-order valence-corrected chi connectivity index (χ0v) is 11.5. The van der Waals surface area contributed by atoms with Gasteiger partial charge in [-0.1, -0.05) is 6.07 Å². The van der Waals surface area contributed by atoms with Gasteiger partial charge in [-0.25, -0.2) is 4.79 Å². The van der Waals surface area contributed by atoms with Gasteiger partial charge in [-0.05, 0) is 38.0 Å². The molecule has 1 fully saturated rings. The summed E-state index contributed by atoms with van der Waals surface area (Å²) < 4.78 is 43.2. The van der Waals surface area contributed by atoms with Crippen molar-refractivity contribution in [3.63, 3.8) is 0 Å². The van der Waals surface area contributed by atoms with Crippen LogP contribution in [0.25, 0.3) is 0 Å². The third kappa shape index (κ3) is 4.35. The Labute approximate surface area is 120 Å². The average Bonchev–Trinajstić information content (AvgIpc) is 2.91. The van der Waals surface area contributed by atoms with Crippen molar-refractivity contribution in [3.05, 3.63) is 29.8 Å². The molecule has 1 aromatic rings. The third-order valence-electron chi connectivity index (χ3n) is 3.33. The molecule has 2 atom stereocenters. The number of carbonyl (C=O) groups is 1. The number of urea groups is 1. The number of anilines is 1. The highest BCUT2D eigenvalue weighted by Gasteiger charge is 2.30. The van der Waals surface area contributed by atoms with Gasteiger partial charge in [0.2, 0.25) is 0 Å². The zero-order valence-electron chi connectivity index (χ0n) is 11.5. The van der Waals surface area contributed by atoms with Crippen molar-refractivity contribution >= 4 is 11.7 Å². The fraction of sp³-hybridized carbons (Fsp3) is 0.500. The lowest BCUT2D eigenvalue weighted by Crippen LogP contribution is -2.43. The van der Waals surface area contributed by atoms with Crippen LogP contribution in [0.5, 0.6) is 0 Å². The summed E-state index contributed by atoms with van der Waals surface area (Å²) in [5, 5.41) is 5.08. The Hall–Kier alpha value is -1.76. The topological polar surface area (TPSA) is 50.4 Å². The molecule has 7 heteroatoms. The molecule has 21 heavy (non-hydrogen) atoms. The minimum absolute atomic E-state index is 0.0442. The average molecular weight is 302 g/mol. The summed E-state index contributed by atoms with van der Waals surface area (Å²) in [6, 6.07) is 3.78. The standard InChI is InChI=1S/C14H17F3N2O2/c1-9(12-6-3-7-21-12)18-13(20)19-11-5-2-4-10(8-11)14(15,16)17/h2,4-5,8-9,12H,3,6-7H2,1H3,(H2,18,19,20)/t9-,12+/m0/s1. The van der Waals surface area contributed by atoms with Crippen LogP contribution >= 0.6 is 0 Å². The number of hydrogen-bond donors (Lipinski definition) is 2. The van der Waals surface area contributed by atoms with Crippen LogP contribution in [0, 0.1) is 0 Å². The van der Waals surface area contributed by atoms with Crippen LogP contribution in [-0.2, 0) is 10.9 Å². The van der Waals surface area contributed by atoms with Crippen LogP contribution in [0.4, 0.5) is 23.7 Å². The second kappa shape index (κ2) is 6.34. The summed E-state index contributed by atoms with van der Waals surface area (Å²) >= 11 is 0. The van der Waals surface area contributed by atoms with Crippen molar-refractivity contribution in [1.29, 1.82) is 0 Å². The molecule has 2 amide bonds. The maximum atomic E-state index is 12.6. The number of benzene rings is 1. The van der Waals surface area contributed by atoms with Crippen molar-refractivity contribution in [2.75, 3.05) is 11.9 Å². The van der Waals surface area contributed by atoms with E-state index in [1.54, 1.807) is 0 Å². The van der Waals surface area contributed by atoms with Gasteiger partial charge in [0.1, 0.15) is 0 Å². The Morgan fingerprint density at radius 1 is 1.43 bits per heavy atom. The molecule has 4 nitrogen and oxygen atoms in total. The fourth-order valence-electron chi connectivity index (χ4n) is 2.24. The smallest absolute Gasteiger partial charge is 0.376 e. The summed E-state index contributed by atoms with van der Waals surface area (Å²) in [7, 11) is 0. The maximum absolute atomic E-state index is 12.6. The fourth-order valence-corrected chi connectivity index (χ4v) is 2.24. The van der Waals surface area contributed by atoms with Gasteiger partial charge in [-0.3, -0.25) is 0 Å². The largest absolute Gasteiger partial charge is 0.416 e. The Kier molecular flexibility index (Phi) is 4.72. The number of rotatable bonds is 3. The SMILES string of the molecule is C[C@H](NC(=O)Nc1cccc(C(F)(F)F)c1)[C@H]1CCCO1. The molecule has 0 aromatic heterocycles. The normalized spacial score (nSPS) is 20.1. The molecule has 1 saturated heterocycles. The Bertz CT molecular complexity index is 499. The molecule has 2 N–H and O–H groups in total. The summed E-state index contributed by atoms with van der Waals surface area (Å²) in [6.07, 6.45) is -2.66. The van der Waals surface area contributed by atoms with Gasteiger partial charge in [0.05, 0.1) is 17.7 Å². The van der Waals surface area contributed by atoms with Crippen molar-refractivity contribution in [1.82, 2.24) is 5.32 Å². The summed E-state index contributed by atoms with van der Waals surface area (Å²) in [5.74, 6) is 0. The molecule has 116 valence electrons. The van der Waals surface area contributed by atoms with Crippen LogP contribution in [-0.4, -0.2) is 24.8 Å². The molecule has 1 aliphatic heterocycles. The van der Waals surface area contributed by atoms with Gasteiger partial charge in [0, 0.05) is 12.3 Å². The van der Waals surface area contributed by atoms with Gasteiger partial charge in [-0.2, -0.15) is 13.2 Å². The van der Waals surface area contributed by atoms with E-state index in [4.69, 9.17) is 4.74 Å². The van der Waals surface area contributed by atoms with E-state index in [1.807, 2.05) is 6.92 Å². The van der Waals surface area contributed by atoms with Crippen molar-refractivity contribution < 1.29 is 22.7 Å². The highest BCUT2D eigenvalue weighted by Crippen LogP contribution is 2.30. The highest BCUT2D eigenvalue weighted by atomic mass is 19.4. The Morgan fingerprint density at radius 3 is 2.81 bits per heavy atom. The van der Waals surface area contributed by atoms with Gasteiger partial charge < -0.3 is 15.4 Å². The number of alkyl halides is 3. The van der Waals surface area contributed by atoms with Crippen LogP contribution < -0.4 is 10.6 Å². The molecule has 2 rings (SSSR count). The third-order valence-corrected chi connectivity index (χ3v) is 3.33. The first-order valence-electron chi connectivity index (χ1n) is 6.72. The van der Waals surface area contributed by atoms with E-state index >= 15 is 0 Å². The molecule has 0 unspecified atom stereocenters. The number of nitrogens with one attached hydrogen (secondary N) is 2. The molecular formula is C14H17F3N2O2. The lowest BCUT2D eigenvalue weighted by Gasteiger charge is -2.20. The molecule has 0 spiro atoms. The summed E-state index contributed by atoms with van der Waals surface area (Å²) in [4.78, 5) is 11.8. The summed E-state index contributed by atoms with van der Waals surface area (Å²) in [5.41, 5.74) is -0.700. The number of halogens is 3. The van der Waals surface area contributed by atoms with Gasteiger partial charge in [0.25, 0.3) is 0 Å². The van der Waals surface area contributed by atoms with Crippen molar-refractivity contribution in [3.8, 4) is 0 Å². The number of ether oxygens (including phenoxy) is 1. The van der Waals surface area contributed by atoms with E-state index in [-0.39, 0.29) is 17.8 Å². The second-order valence-electron chi connectivity index (χ2n) is 5.02. The number of amides is 2. The first kappa shape index (κ1) is 15.6.